The molecule has 0 aromatic heterocycles. The molecule has 0 unspecified atom stereocenters. The first-order chi connectivity index (χ1) is 6.18. The lowest BCUT2D eigenvalue weighted by atomic mass is 10.6. The number of rotatable bonds is 2. The van der Waals surface area contributed by atoms with E-state index in [4.69, 9.17) is 12.3 Å². The fraction of sp³-hybridized carbons (Fsp3) is 0.875. The molecule has 1 aliphatic rings. The molecule has 0 aromatic rings. The van der Waals surface area contributed by atoms with Crippen LogP contribution in [0.5, 0.6) is 0 Å². The Morgan fingerprint density at radius 3 is 1.64 bits per heavy atom. The van der Waals surface area contributed by atoms with E-state index in [9.17, 15) is 0 Å². The standard InChI is InChI=1S/C8H21O3Si3/c1-7-8-14(6)10-12(2,3)9-13(4,5)11-14/h1,7-8H2,2-6H3. The van der Waals surface area contributed by atoms with Crippen LogP contribution in [0.1, 0.15) is 6.42 Å². The van der Waals surface area contributed by atoms with Gasteiger partial charge in [-0.25, -0.2) is 0 Å². The summed E-state index contributed by atoms with van der Waals surface area (Å²) in [5.74, 6) is 0. The largest absolute Gasteiger partial charge is 0.416 e. The molecule has 1 saturated heterocycles. The molecule has 1 aliphatic heterocycles. The van der Waals surface area contributed by atoms with Crippen molar-refractivity contribution in [2.75, 3.05) is 0 Å². The minimum atomic E-state index is -1.97. The van der Waals surface area contributed by atoms with Gasteiger partial charge in [0.15, 0.2) is 0 Å². The molecule has 0 N–H and O–H groups in total. The van der Waals surface area contributed by atoms with Gasteiger partial charge in [0.2, 0.25) is 0 Å². The monoisotopic (exact) mass is 249 g/mol. The summed E-state index contributed by atoms with van der Waals surface area (Å²) >= 11 is 0. The van der Waals surface area contributed by atoms with E-state index in [1.165, 1.54) is 0 Å². The quantitative estimate of drug-likeness (QED) is 0.704. The molecule has 14 heavy (non-hydrogen) atoms. The maximum absolute atomic E-state index is 6.07. The van der Waals surface area contributed by atoms with Gasteiger partial charge in [0, 0.05) is 0 Å². The van der Waals surface area contributed by atoms with Gasteiger partial charge in [-0.3, -0.25) is 0 Å². The molecule has 3 nitrogen and oxygen atoms in total. The maximum Gasteiger partial charge on any atom is 0.317 e. The normalized spacial score (nSPS) is 28.7. The molecule has 0 atom stereocenters. The summed E-state index contributed by atoms with van der Waals surface area (Å²) in [5, 5.41) is 0. The molecule has 1 rings (SSSR count). The second kappa shape index (κ2) is 3.84. The summed E-state index contributed by atoms with van der Waals surface area (Å²) in [4.78, 5) is 0. The van der Waals surface area contributed by atoms with Gasteiger partial charge in [-0.2, -0.15) is 0 Å². The van der Waals surface area contributed by atoms with Crippen LogP contribution in [0.3, 0.4) is 0 Å². The van der Waals surface area contributed by atoms with E-state index in [-0.39, 0.29) is 0 Å². The second-order valence-corrected chi connectivity index (χ2v) is 15.7. The van der Waals surface area contributed by atoms with Crippen molar-refractivity contribution in [1.29, 1.82) is 0 Å². The third-order valence-corrected chi connectivity index (χ3v) is 14.6. The molecule has 6 heteroatoms. The molecule has 0 aromatic carbocycles. The zero-order valence-corrected chi connectivity index (χ0v) is 12.8. The summed E-state index contributed by atoms with van der Waals surface area (Å²) in [5.41, 5.74) is 0. The van der Waals surface area contributed by atoms with Crippen molar-refractivity contribution in [3.63, 3.8) is 0 Å². The minimum absolute atomic E-state index is 0.887. The fourth-order valence-electron chi connectivity index (χ4n) is 2.12. The third kappa shape index (κ3) is 3.28. The van der Waals surface area contributed by atoms with E-state index in [1.807, 2.05) is 0 Å². The molecular formula is C8H21O3Si3. The van der Waals surface area contributed by atoms with Gasteiger partial charge in [0.1, 0.15) is 0 Å². The zero-order chi connectivity index (χ0) is 11.0. The average molecular weight is 250 g/mol. The van der Waals surface area contributed by atoms with Crippen LogP contribution in [0.2, 0.25) is 38.8 Å². The Morgan fingerprint density at radius 1 is 0.857 bits per heavy atom. The minimum Gasteiger partial charge on any atom is -0.416 e. The van der Waals surface area contributed by atoms with Crippen LogP contribution in [-0.2, 0) is 12.3 Å². The Morgan fingerprint density at radius 2 is 1.29 bits per heavy atom. The van der Waals surface area contributed by atoms with Crippen LogP contribution in [0.25, 0.3) is 0 Å². The van der Waals surface area contributed by atoms with Crippen LogP contribution >= 0.6 is 0 Å². The highest BCUT2D eigenvalue weighted by Gasteiger charge is 2.51. The highest BCUT2D eigenvalue weighted by Crippen LogP contribution is 2.32. The molecule has 0 saturated carbocycles. The Kier molecular flexibility index (Phi) is 3.45. The van der Waals surface area contributed by atoms with Gasteiger partial charge in [-0.1, -0.05) is 13.3 Å². The first-order valence-electron chi connectivity index (χ1n) is 5.08. The summed E-state index contributed by atoms with van der Waals surface area (Å²) < 4.78 is 18.1. The average Bonchev–Trinajstić information content (AvgIpc) is 1.75. The van der Waals surface area contributed by atoms with E-state index in [2.05, 4.69) is 39.7 Å². The maximum atomic E-state index is 6.07. The molecule has 1 fully saturated rings. The van der Waals surface area contributed by atoms with Gasteiger partial charge < -0.3 is 12.3 Å². The lowest BCUT2D eigenvalue weighted by Gasteiger charge is -2.47. The molecule has 1 radical (unpaired) electrons. The zero-order valence-electron chi connectivity index (χ0n) is 9.85. The van der Waals surface area contributed by atoms with E-state index in [0.717, 1.165) is 12.5 Å². The van der Waals surface area contributed by atoms with Gasteiger partial charge in [0.05, 0.1) is 0 Å². The summed E-state index contributed by atoms with van der Waals surface area (Å²) in [6.07, 6.45) is 0.887. The summed E-state index contributed by atoms with van der Waals surface area (Å²) in [7, 11) is -5.83. The highest BCUT2D eigenvalue weighted by atomic mass is 28.5. The summed E-state index contributed by atoms with van der Waals surface area (Å²) in [6, 6.07) is 0.975. The van der Waals surface area contributed by atoms with Crippen LogP contribution in [0.4, 0.5) is 0 Å². The van der Waals surface area contributed by atoms with Crippen molar-refractivity contribution in [1.82, 2.24) is 0 Å². The van der Waals surface area contributed by atoms with Crippen LogP contribution < -0.4 is 0 Å². The topological polar surface area (TPSA) is 27.7 Å². The third-order valence-electron chi connectivity index (χ3n) is 2.05. The van der Waals surface area contributed by atoms with E-state index in [1.54, 1.807) is 0 Å². The number of hydrogen-bond acceptors (Lipinski definition) is 3. The Balaban J connectivity index is 2.80. The fourth-order valence-corrected chi connectivity index (χ4v) is 18.3. The Labute approximate surface area is 90.5 Å². The first kappa shape index (κ1) is 12.6. The predicted molar refractivity (Wildman–Crippen MR) is 64.6 cm³/mol. The van der Waals surface area contributed by atoms with Gasteiger partial charge in [0.25, 0.3) is 0 Å². The molecule has 0 spiro atoms. The molecule has 83 valence electrons. The van der Waals surface area contributed by atoms with Crippen molar-refractivity contribution in [3.05, 3.63) is 6.92 Å². The van der Waals surface area contributed by atoms with Crippen molar-refractivity contribution >= 4 is 25.7 Å². The second-order valence-electron chi connectivity index (χ2n) is 4.84. The first-order valence-corrected chi connectivity index (χ1v) is 13.2. The molecule has 1 heterocycles. The van der Waals surface area contributed by atoms with Crippen molar-refractivity contribution in [2.24, 2.45) is 0 Å². The predicted octanol–water partition coefficient (Wildman–Crippen LogP) is 2.75. The van der Waals surface area contributed by atoms with E-state index < -0.39 is 25.7 Å². The Hall–Kier alpha value is 0.531. The highest BCUT2D eigenvalue weighted by molar-refractivity contribution is 6.92. The van der Waals surface area contributed by atoms with E-state index >= 15 is 0 Å². The van der Waals surface area contributed by atoms with Crippen LogP contribution in [0, 0.1) is 6.92 Å². The van der Waals surface area contributed by atoms with Gasteiger partial charge in [-0.05, 0) is 38.8 Å². The molecule has 0 amide bonds. The van der Waals surface area contributed by atoms with Crippen molar-refractivity contribution in [2.45, 2.75) is 45.2 Å². The summed E-state index contributed by atoms with van der Waals surface area (Å²) in [6.45, 7) is 14.5. The lowest BCUT2D eigenvalue weighted by Crippen LogP contribution is -2.65. The number of hydrogen-bond donors (Lipinski definition) is 0. The van der Waals surface area contributed by atoms with Crippen LogP contribution in [-0.4, -0.2) is 25.7 Å². The molecule has 0 aliphatic carbocycles. The smallest absolute Gasteiger partial charge is 0.317 e. The van der Waals surface area contributed by atoms with Gasteiger partial charge >= 0.3 is 25.7 Å². The van der Waals surface area contributed by atoms with E-state index in [0.29, 0.717) is 0 Å². The Bertz CT molecular complexity index is 202. The molecule has 0 bridgehead atoms. The van der Waals surface area contributed by atoms with Crippen LogP contribution in [0.15, 0.2) is 0 Å². The lowest BCUT2D eigenvalue weighted by molar-refractivity contribution is 0.232. The molecular weight excluding hydrogens is 228 g/mol. The van der Waals surface area contributed by atoms with Crippen molar-refractivity contribution in [3.8, 4) is 0 Å². The van der Waals surface area contributed by atoms with Crippen molar-refractivity contribution < 1.29 is 12.3 Å². The van der Waals surface area contributed by atoms with Gasteiger partial charge in [-0.15, -0.1) is 0 Å². The SMILES string of the molecule is [CH2]CC[Si]1(C)O[Si](C)(C)O[Si](C)(C)O1.